The van der Waals surface area contributed by atoms with Gasteiger partial charge in [-0.1, -0.05) is 51.9 Å². The second kappa shape index (κ2) is 8.90. The van der Waals surface area contributed by atoms with Crippen LogP contribution >= 0.6 is 0 Å². The highest BCUT2D eigenvalue weighted by Gasteiger charge is 2.30. The lowest BCUT2D eigenvalue weighted by Crippen LogP contribution is -2.44. The summed E-state index contributed by atoms with van der Waals surface area (Å²) in [4.78, 5) is 0. The molecular formula is C14H30O3. The third-order valence-corrected chi connectivity index (χ3v) is 3.19. The Morgan fingerprint density at radius 2 is 1.35 bits per heavy atom. The van der Waals surface area contributed by atoms with E-state index in [2.05, 4.69) is 6.92 Å². The molecule has 0 aliphatic heterocycles. The van der Waals surface area contributed by atoms with Gasteiger partial charge in [0.25, 0.3) is 0 Å². The number of unbranched alkanes of at least 4 members (excludes halogenated alkanes) is 6. The number of hydrogen-bond acceptors (Lipinski definition) is 3. The summed E-state index contributed by atoms with van der Waals surface area (Å²) in [5.41, 5.74) is -1.22. The van der Waals surface area contributed by atoms with E-state index in [0.717, 1.165) is 12.8 Å². The zero-order valence-corrected chi connectivity index (χ0v) is 11.7. The molecule has 0 saturated carbocycles. The zero-order chi connectivity index (χ0) is 13.3. The van der Waals surface area contributed by atoms with Crippen molar-refractivity contribution in [2.75, 3.05) is 0 Å². The van der Waals surface area contributed by atoms with Crippen LogP contribution in [0.5, 0.6) is 0 Å². The van der Waals surface area contributed by atoms with Crippen LogP contribution in [0.1, 0.15) is 72.1 Å². The van der Waals surface area contributed by atoms with Gasteiger partial charge in [0, 0.05) is 0 Å². The Bertz CT molecular complexity index is 175. The van der Waals surface area contributed by atoms with Crippen molar-refractivity contribution >= 4 is 0 Å². The molecule has 0 rings (SSSR count). The molecule has 0 amide bonds. The van der Waals surface area contributed by atoms with Gasteiger partial charge in [-0.25, -0.2) is 0 Å². The molecule has 2 unspecified atom stereocenters. The zero-order valence-electron chi connectivity index (χ0n) is 11.7. The van der Waals surface area contributed by atoms with Crippen molar-refractivity contribution in [2.24, 2.45) is 0 Å². The van der Waals surface area contributed by atoms with Crippen LogP contribution in [0.3, 0.4) is 0 Å². The van der Waals surface area contributed by atoms with Crippen LogP contribution in [0, 0.1) is 0 Å². The molecule has 0 spiro atoms. The highest BCUT2D eigenvalue weighted by molar-refractivity contribution is 4.82. The minimum atomic E-state index is -1.22. The Morgan fingerprint density at radius 1 is 0.882 bits per heavy atom. The van der Waals surface area contributed by atoms with E-state index in [1.165, 1.54) is 46.0 Å². The molecule has 0 aromatic carbocycles. The van der Waals surface area contributed by atoms with Crippen LogP contribution in [-0.4, -0.2) is 33.1 Å². The SMILES string of the molecule is CCCCCCCCCC(O)C(O)C(C)(C)O. The molecule has 0 aliphatic carbocycles. The van der Waals surface area contributed by atoms with Crippen LogP contribution < -0.4 is 0 Å². The van der Waals surface area contributed by atoms with Gasteiger partial charge in [-0.15, -0.1) is 0 Å². The van der Waals surface area contributed by atoms with E-state index >= 15 is 0 Å². The van der Waals surface area contributed by atoms with Crippen LogP contribution in [0.15, 0.2) is 0 Å². The molecule has 17 heavy (non-hydrogen) atoms. The van der Waals surface area contributed by atoms with Crippen molar-refractivity contribution in [1.29, 1.82) is 0 Å². The molecule has 3 nitrogen and oxygen atoms in total. The van der Waals surface area contributed by atoms with Crippen LogP contribution in [0.4, 0.5) is 0 Å². The van der Waals surface area contributed by atoms with Crippen molar-refractivity contribution in [1.82, 2.24) is 0 Å². The average molecular weight is 246 g/mol. The van der Waals surface area contributed by atoms with Crippen molar-refractivity contribution in [2.45, 2.75) is 89.9 Å². The lowest BCUT2D eigenvalue weighted by molar-refractivity contribution is -0.108. The summed E-state index contributed by atoms with van der Waals surface area (Å²) in [6.45, 7) is 5.24. The first-order chi connectivity index (χ1) is 7.89. The minimum absolute atomic E-state index is 0.568. The smallest absolute Gasteiger partial charge is 0.108 e. The quantitative estimate of drug-likeness (QED) is 0.519. The fourth-order valence-corrected chi connectivity index (χ4v) is 1.94. The van der Waals surface area contributed by atoms with Gasteiger partial charge < -0.3 is 15.3 Å². The summed E-state index contributed by atoms with van der Waals surface area (Å²) in [7, 11) is 0. The van der Waals surface area contributed by atoms with Gasteiger partial charge in [0.15, 0.2) is 0 Å². The fourth-order valence-electron chi connectivity index (χ4n) is 1.94. The van der Waals surface area contributed by atoms with Gasteiger partial charge in [-0.05, 0) is 20.3 Å². The summed E-state index contributed by atoms with van der Waals surface area (Å²) in [5, 5.41) is 28.9. The molecule has 0 fully saturated rings. The fraction of sp³-hybridized carbons (Fsp3) is 1.00. The first-order valence-electron chi connectivity index (χ1n) is 6.98. The largest absolute Gasteiger partial charge is 0.390 e. The highest BCUT2D eigenvalue weighted by Crippen LogP contribution is 2.17. The van der Waals surface area contributed by atoms with Gasteiger partial charge in [-0.2, -0.15) is 0 Å². The molecule has 0 aromatic heterocycles. The van der Waals surface area contributed by atoms with E-state index in [9.17, 15) is 15.3 Å². The third-order valence-electron chi connectivity index (χ3n) is 3.19. The summed E-state index contributed by atoms with van der Waals surface area (Å²) >= 11 is 0. The number of aliphatic hydroxyl groups excluding tert-OH is 2. The molecular weight excluding hydrogens is 216 g/mol. The van der Waals surface area contributed by atoms with Gasteiger partial charge in [0.2, 0.25) is 0 Å². The van der Waals surface area contributed by atoms with E-state index < -0.39 is 17.8 Å². The number of aliphatic hydroxyl groups is 3. The molecule has 104 valence electrons. The maximum Gasteiger partial charge on any atom is 0.108 e. The lowest BCUT2D eigenvalue weighted by Gasteiger charge is -2.28. The molecule has 3 heteroatoms. The monoisotopic (exact) mass is 246 g/mol. The standard InChI is InChI=1S/C14H30O3/c1-4-5-6-7-8-9-10-11-12(15)13(16)14(2,3)17/h12-13,15-17H,4-11H2,1-3H3. The molecule has 2 atom stereocenters. The topological polar surface area (TPSA) is 60.7 Å². The highest BCUT2D eigenvalue weighted by atomic mass is 16.4. The third kappa shape index (κ3) is 8.58. The van der Waals surface area contributed by atoms with E-state index in [1.807, 2.05) is 0 Å². The van der Waals surface area contributed by atoms with Crippen LogP contribution in [-0.2, 0) is 0 Å². The Kier molecular flexibility index (Phi) is 8.83. The Balaban J connectivity index is 3.48. The minimum Gasteiger partial charge on any atom is -0.390 e. The summed E-state index contributed by atoms with van der Waals surface area (Å²) in [6, 6.07) is 0. The van der Waals surface area contributed by atoms with Crippen molar-refractivity contribution < 1.29 is 15.3 Å². The van der Waals surface area contributed by atoms with Crippen LogP contribution in [0.2, 0.25) is 0 Å². The van der Waals surface area contributed by atoms with Gasteiger partial charge in [-0.3, -0.25) is 0 Å². The van der Waals surface area contributed by atoms with Crippen molar-refractivity contribution in [3.63, 3.8) is 0 Å². The number of hydrogen-bond donors (Lipinski definition) is 3. The maximum absolute atomic E-state index is 9.68. The second-order valence-corrected chi connectivity index (χ2v) is 5.58. The predicted molar refractivity (Wildman–Crippen MR) is 70.9 cm³/mol. The first-order valence-corrected chi connectivity index (χ1v) is 6.98. The lowest BCUT2D eigenvalue weighted by atomic mass is 9.93. The molecule has 0 bridgehead atoms. The second-order valence-electron chi connectivity index (χ2n) is 5.58. The maximum atomic E-state index is 9.68. The number of rotatable bonds is 10. The normalized spacial score (nSPS) is 15.9. The van der Waals surface area contributed by atoms with E-state index in [1.54, 1.807) is 0 Å². The molecule has 0 heterocycles. The van der Waals surface area contributed by atoms with E-state index in [0.29, 0.717) is 6.42 Å². The Labute approximate surface area is 106 Å². The predicted octanol–water partition coefficient (Wildman–Crippen LogP) is 2.62. The first kappa shape index (κ1) is 16.9. The van der Waals surface area contributed by atoms with Crippen LogP contribution in [0.25, 0.3) is 0 Å². The van der Waals surface area contributed by atoms with Gasteiger partial charge in [0.1, 0.15) is 6.10 Å². The molecule has 0 aromatic rings. The summed E-state index contributed by atoms with van der Waals surface area (Å²) in [6.07, 6.45) is 7.04. The molecule has 3 N–H and O–H groups in total. The Hall–Kier alpha value is -0.120. The van der Waals surface area contributed by atoms with Crippen molar-refractivity contribution in [3.05, 3.63) is 0 Å². The summed E-state index contributed by atoms with van der Waals surface area (Å²) < 4.78 is 0. The van der Waals surface area contributed by atoms with E-state index in [-0.39, 0.29) is 0 Å². The Morgan fingerprint density at radius 3 is 1.82 bits per heavy atom. The summed E-state index contributed by atoms with van der Waals surface area (Å²) in [5.74, 6) is 0. The van der Waals surface area contributed by atoms with Gasteiger partial charge >= 0.3 is 0 Å². The van der Waals surface area contributed by atoms with Crippen molar-refractivity contribution in [3.8, 4) is 0 Å². The molecule has 0 saturated heterocycles. The molecule has 0 aliphatic rings. The van der Waals surface area contributed by atoms with Gasteiger partial charge in [0.05, 0.1) is 11.7 Å². The molecule has 0 radical (unpaired) electrons. The van der Waals surface area contributed by atoms with E-state index in [4.69, 9.17) is 0 Å². The average Bonchev–Trinajstić information content (AvgIpc) is 2.25.